The fourth-order valence-corrected chi connectivity index (χ4v) is 5.13. The van der Waals surface area contributed by atoms with E-state index in [1.165, 1.54) is 17.7 Å². The maximum absolute atomic E-state index is 12.8. The highest BCUT2D eigenvalue weighted by molar-refractivity contribution is 7.15. The molecule has 200 valence electrons. The number of ether oxygens (including phenoxy) is 2. The SMILES string of the molecule is CCOC(=O)c1c(-c2cccc([N+](=O)[O-])c2)csc1NC(=O)COc1ccc(C(C)(C)c2ccccc2)cc1. The Kier molecular flexibility index (Phi) is 8.41. The Hall–Kier alpha value is -4.50. The molecule has 1 aromatic heterocycles. The summed E-state index contributed by atoms with van der Waals surface area (Å²) in [6, 6.07) is 23.7. The van der Waals surface area contributed by atoms with E-state index in [9.17, 15) is 19.7 Å². The fraction of sp³-hybridized carbons (Fsp3) is 0.200. The van der Waals surface area contributed by atoms with Gasteiger partial charge in [0.05, 0.1) is 11.5 Å². The van der Waals surface area contributed by atoms with Crippen molar-refractivity contribution in [1.29, 1.82) is 0 Å². The Morgan fingerprint density at radius 3 is 2.33 bits per heavy atom. The summed E-state index contributed by atoms with van der Waals surface area (Å²) >= 11 is 1.13. The number of non-ortho nitro benzene ring substituents is 1. The minimum atomic E-state index is -0.631. The van der Waals surface area contributed by atoms with Crippen LogP contribution in [0.5, 0.6) is 5.75 Å². The van der Waals surface area contributed by atoms with Crippen molar-refractivity contribution in [1.82, 2.24) is 0 Å². The van der Waals surface area contributed by atoms with Gasteiger partial charge in [0.15, 0.2) is 6.61 Å². The van der Waals surface area contributed by atoms with Crippen LogP contribution in [0.25, 0.3) is 11.1 Å². The van der Waals surface area contributed by atoms with Gasteiger partial charge in [-0.2, -0.15) is 0 Å². The lowest BCUT2D eigenvalue weighted by atomic mass is 9.78. The van der Waals surface area contributed by atoms with Crippen LogP contribution < -0.4 is 10.1 Å². The van der Waals surface area contributed by atoms with Crippen LogP contribution in [-0.4, -0.2) is 30.0 Å². The van der Waals surface area contributed by atoms with Gasteiger partial charge in [-0.15, -0.1) is 11.3 Å². The molecule has 8 nitrogen and oxygen atoms in total. The molecule has 0 aliphatic heterocycles. The number of esters is 1. The first-order valence-corrected chi connectivity index (χ1v) is 13.2. The third kappa shape index (κ3) is 6.32. The largest absolute Gasteiger partial charge is 0.484 e. The zero-order valence-corrected chi connectivity index (χ0v) is 22.6. The lowest BCUT2D eigenvalue weighted by Gasteiger charge is -2.26. The monoisotopic (exact) mass is 544 g/mol. The van der Waals surface area contributed by atoms with Crippen molar-refractivity contribution in [3.63, 3.8) is 0 Å². The van der Waals surface area contributed by atoms with Crippen LogP contribution in [0.2, 0.25) is 0 Å². The summed E-state index contributed by atoms with van der Waals surface area (Å²) in [6.45, 7) is 5.84. The van der Waals surface area contributed by atoms with Gasteiger partial charge in [0, 0.05) is 28.5 Å². The van der Waals surface area contributed by atoms with Crippen molar-refractivity contribution >= 4 is 33.9 Å². The molecule has 3 aromatic carbocycles. The molecule has 0 saturated heterocycles. The molecule has 4 rings (SSSR count). The Morgan fingerprint density at radius 1 is 0.974 bits per heavy atom. The Labute approximate surface area is 230 Å². The Bertz CT molecular complexity index is 1480. The van der Waals surface area contributed by atoms with E-state index in [0.717, 1.165) is 16.9 Å². The second kappa shape index (κ2) is 11.9. The number of nitrogens with zero attached hydrogens (tertiary/aromatic N) is 1. The van der Waals surface area contributed by atoms with Crippen molar-refractivity contribution in [3.05, 3.63) is 111 Å². The first-order valence-electron chi connectivity index (χ1n) is 12.3. The molecule has 0 atom stereocenters. The van der Waals surface area contributed by atoms with Crippen LogP contribution >= 0.6 is 11.3 Å². The average Bonchev–Trinajstić information content (AvgIpc) is 3.36. The molecule has 1 amide bonds. The van der Waals surface area contributed by atoms with Crippen molar-refractivity contribution < 1.29 is 24.0 Å². The summed E-state index contributed by atoms with van der Waals surface area (Å²) in [5.41, 5.74) is 3.05. The number of hydrogen-bond acceptors (Lipinski definition) is 7. The number of anilines is 1. The quantitative estimate of drug-likeness (QED) is 0.133. The summed E-state index contributed by atoms with van der Waals surface area (Å²) in [5, 5.41) is 15.9. The second-order valence-electron chi connectivity index (χ2n) is 9.23. The zero-order valence-electron chi connectivity index (χ0n) is 21.8. The molecular weight excluding hydrogens is 516 g/mol. The number of benzene rings is 3. The van der Waals surface area contributed by atoms with E-state index < -0.39 is 16.8 Å². The zero-order chi connectivity index (χ0) is 28.0. The molecule has 0 spiro atoms. The van der Waals surface area contributed by atoms with Gasteiger partial charge in [0.1, 0.15) is 16.3 Å². The molecule has 0 unspecified atom stereocenters. The second-order valence-corrected chi connectivity index (χ2v) is 10.1. The molecule has 1 N–H and O–H groups in total. The smallest absolute Gasteiger partial charge is 0.341 e. The summed E-state index contributed by atoms with van der Waals surface area (Å²) in [6.07, 6.45) is 0. The van der Waals surface area contributed by atoms with Crippen molar-refractivity contribution in [3.8, 4) is 16.9 Å². The van der Waals surface area contributed by atoms with E-state index in [1.807, 2.05) is 42.5 Å². The Balaban J connectivity index is 1.47. The van der Waals surface area contributed by atoms with E-state index in [2.05, 4.69) is 31.3 Å². The molecule has 9 heteroatoms. The van der Waals surface area contributed by atoms with Crippen LogP contribution in [0.1, 0.15) is 42.3 Å². The van der Waals surface area contributed by atoms with Gasteiger partial charge in [0.2, 0.25) is 0 Å². The maximum atomic E-state index is 12.8. The highest BCUT2D eigenvalue weighted by Gasteiger charge is 2.25. The molecular formula is C30H28N2O6S. The van der Waals surface area contributed by atoms with Crippen molar-refractivity contribution in [2.75, 3.05) is 18.5 Å². The van der Waals surface area contributed by atoms with Gasteiger partial charge < -0.3 is 14.8 Å². The van der Waals surface area contributed by atoms with Crippen LogP contribution in [0.4, 0.5) is 10.7 Å². The molecule has 4 aromatic rings. The number of nitro benzene ring substituents is 1. The lowest BCUT2D eigenvalue weighted by Crippen LogP contribution is -2.21. The summed E-state index contributed by atoms with van der Waals surface area (Å²) in [5.74, 6) is -0.554. The van der Waals surface area contributed by atoms with Gasteiger partial charge in [-0.1, -0.05) is 68.4 Å². The minimum Gasteiger partial charge on any atom is -0.484 e. The van der Waals surface area contributed by atoms with Crippen LogP contribution in [-0.2, 0) is 14.9 Å². The van der Waals surface area contributed by atoms with E-state index in [0.29, 0.717) is 16.9 Å². The van der Waals surface area contributed by atoms with Gasteiger partial charge in [0.25, 0.3) is 11.6 Å². The molecule has 0 aliphatic rings. The number of thiophene rings is 1. The summed E-state index contributed by atoms with van der Waals surface area (Å²) in [4.78, 5) is 36.3. The van der Waals surface area contributed by atoms with Gasteiger partial charge in [-0.25, -0.2) is 4.79 Å². The predicted molar refractivity (Wildman–Crippen MR) is 152 cm³/mol. The molecule has 0 saturated carbocycles. The minimum absolute atomic E-state index is 0.106. The third-order valence-electron chi connectivity index (χ3n) is 6.33. The first kappa shape index (κ1) is 27.5. The number of amides is 1. The highest BCUT2D eigenvalue weighted by atomic mass is 32.1. The van der Waals surface area contributed by atoms with Crippen molar-refractivity contribution in [2.45, 2.75) is 26.2 Å². The van der Waals surface area contributed by atoms with Crippen molar-refractivity contribution in [2.24, 2.45) is 0 Å². The lowest BCUT2D eigenvalue weighted by molar-refractivity contribution is -0.384. The predicted octanol–water partition coefficient (Wildman–Crippen LogP) is 6.84. The third-order valence-corrected chi connectivity index (χ3v) is 7.23. The van der Waals surface area contributed by atoms with Gasteiger partial charge in [-0.05, 0) is 35.7 Å². The molecule has 39 heavy (non-hydrogen) atoms. The highest BCUT2D eigenvalue weighted by Crippen LogP contribution is 2.37. The molecule has 0 bridgehead atoms. The van der Waals surface area contributed by atoms with E-state index in [-0.39, 0.29) is 34.9 Å². The standard InChI is InChI=1S/C30H28N2O6S/c1-4-37-29(34)27-25(20-9-8-12-23(17-20)32(35)36)19-39-28(27)31-26(33)18-38-24-15-13-22(14-16-24)30(2,3)21-10-6-5-7-11-21/h5-17,19H,4,18H2,1-3H3,(H,31,33). The van der Waals surface area contributed by atoms with Crippen LogP contribution in [0.3, 0.4) is 0 Å². The topological polar surface area (TPSA) is 108 Å². The van der Waals surface area contributed by atoms with Crippen LogP contribution in [0, 0.1) is 10.1 Å². The van der Waals surface area contributed by atoms with Gasteiger partial charge >= 0.3 is 5.97 Å². The number of nitro groups is 1. The average molecular weight is 545 g/mol. The number of carbonyl (C=O) groups excluding carboxylic acids is 2. The molecule has 0 fully saturated rings. The number of rotatable bonds is 10. The number of carbonyl (C=O) groups is 2. The fourth-order valence-electron chi connectivity index (χ4n) is 4.16. The first-order chi connectivity index (χ1) is 18.7. The molecule has 0 radical (unpaired) electrons. The normalized spacial score (nSPS) is 11.1. The number of nitrogens with one attached hydrogen (secondary N) is 1. The van der Waals surface area contributed by atoms with E-state index in [4.69, 9.17) is 9.47 Å². The summed E-state index contributed by atoms with van der Waals surface area (Å²) in [7, 11) is 0. The molecule has 1 heterocycles. The Morgan fingerprint density at radius 2 is 1.67 bits per heavy atom. The van der Waals surface area contributed by atoms with Gasteiger partial charge in [-0.3, -0.25) is 14.9 Å². The van der Waals surface area contributed by atoms with E-state index >= 15 is 0 Å². The van der Waals surface area contributed by atoms with Crippen LogP contribution in [0.15, 0.2) is 84.2 Å². The maximum Gasteiger partial charge on any atom is 0.341 e. The summed E-state index contributed by atoms with van der Waals surface area (Å²) < 4.78 is 10.9. The molecule has 0 aliphatic carbocycles. The van der Waals surface area contributed by atoms with E-state index in [1.54, 1.807) is 24.4 Å². The number of hydrogen-bond donors (Lipinski definition) is 1.